The SMILES string of the molecule is OC(Cc1cc(F)ccc1F)C1CCCCS1. The van der Waals surface area contributed by atoms with Gasteiger partial charge in [-0.2, -0.15) is 11.8 Å². The van der Waals surface area contributed by atoms with Gasteiger partial charge in [-0.05, 0) is 42.4 Å². The van der Waals surface area contributed by atoms with Crippen LogP contribution in [0.2, 0.25) is 0 Å². The maximum Gasteiger partial charge on any atom is 0.126 e. The van der Waals surface area contributed by atoms with Crippen molar-refractivity contribution in [2.45, 2.75) is 37.0 Å². The number of aliphatic hydroxyl groups is 1. The van der Waals surface area contributed by atoms with Crippen molar-refractivity contribution in [1.82, 2.24) is 0 Å². The van der Waals surface area contributed by atoms with Crippen molar-refractivity contribution in [2.24, 2.45) is 0 Å². The van der Waals surface area contributed by atoms with E-state index in [-0.39, 0.29) is 17.2 Å². The van der Waals surface area contributed by atoms with Crippen molar-refractivity contribution < 1.29 is 13.9 Å². The fraction of sp³-hybridized carbons (Fsp3) is 0.538. The highest BCUT2D eigenvalue weighted by Gasteiger charge is 2.23. The molecule has 2 unspecified atom stereocenters. The Balaban J connectivity index is 2.01. The molecule has 1 aromatic carbocycles. The molecule has 17 heavy (non-hydrogen) atoms. The van der Waals surface area contributed by atoms with Gasteiger partial charge in [0.25, 0.3) is 0 Å². The summed E-state index contributed by atoms with van der Waals surface area (Å²) in [5, 5.41) is 10.2. The number of aliphatic hydroxyl groups excluding tert-OH is 1. The van der Waals surface area contributed by atoms with Gasteiger partial charge < -0.3 is 5.11 Å². The first-order valence-electron chi connectivity index (χ1n) is 5.90. The van der Waals surface area contributed by atoms with Crippen LogP contribution in [0.5, 0.6) is 0 Å². The van der Waals surface area contributed by atoms with Crippen LogP contribution in [0.1, 0.15) is 24.8 Å². The fourth-order valence-electron chi connectivity index (χ4n) is 2.13. The smallest absolute Gasteiger partial charge is 0.126 e. The normalized spacial score (nSPS) is 22.4. The monoisotopic (exact) mass is 258 g/mol. The Morgan fingerprint density at radius 1 is 1.35 bits per heavy atom. The topological polar surface area (TPSA) is 20.2 Å². The lowest BCUT2D eigenvalue weighted by Crippen LogP contribution is -2.28. The van der Waals surface area contributed by atoms with Crippen LogP contribution in [-0.2, 0) is 6.42 Å². The summed E-state index contributed by atoms with van der Waals surface area (Å²) >= 11 is 1.73. The van der Waals surface area contributed by atoms with Crippen LogP contribution in [0.3, 0.4) is 0 Å². The summed E-state index contributed by atoms with van der Waals surface area (Å²) in [6.45, 7) is 0. The summed E-state index contributed by atoms with van der Waals surface area (Å²) in [6, 6.07) is 3.39. The maximum atomic E-state index is 13.4. The number of hydrogen-bond acceptors (Lipinski definition) is 2. The zero-order valence-electron chi connectivity index (χ0n) is 9.53. The van der Waals surface area contributed by atoms with Gasteiger partial charge in [0.2, 0.25) is 0 Å². The Bertz CT molecular complexity index is 378. The van der Waals surface area contributed by atoms with Crippen molar-refractivity contribution in [2.75, 3.05) is 5.75 Å². The first-order chi connectivity index (χ1) is 8.16. The van der Waals surface area contributed by atoms with Gasteiger partial charge in [-0.1, -0.05) is 6.42 Å². The number of hydrogen-bond donors (Lipinski definition) is 1. The second-order valence-corrected chi connectivity index (χ2v) is 5.76. The molecule has 1 nitrogen and oxygen atoms in total. The van der Waals surface area contributed by atoms with E-state index < -0.39 is 17.7 Å². The summed E-state index contributed by atoms with van der Waals surface area (Å²) in [4.78, 5) is 0. The van der Waals surface area contributed by atoms with Gasteiger partial charge in [-0.3, -0.25) is 0 Å². The average Bonchev–Trinajstić information content (AvgIpc) is 2.35. The number of thioether (sulfide) groups is 1. The van der Waals surface area contributed by atoms with E-state index in [4.69, 9.17) is 0 Å². The van der Waals surface area contributed by atoms with Gasteiger partial charge in [0, 0.05) is 11.7 Å². The number of benzene rings is 1. The maximum absolute atomic E-state index is 13.4. The molecule has 2 atom stereocenters. The molecule has 0 radical (unpaired) electrons. The lowest BCUT2D eigenvalue weighted by atomic mass is 10.0. The van der Waals surface area contributed by atoms with Gasteiger partial charge in [0.15, 0.2) is 0 Å². The first kappa shape index (κ1) is 12.8. The highest BCUT2D eigenvalue weighted by molar-refractivity contribution is 8.00. The van der Waals surface area contributed by atoms with Gasteiger partial charge in [-0.15, -0.1) is 0 Å². The molecular weight excluding hydrogens is 242 g/mol. The predicted molar refractivity (Wildman–Crippen MR) is 66.2 cm³/mol. The molecule has 0 amide bonds. The van der Waals surface area contributed by atoms with Gasteiger partial charge in [0.05, 0.1) is 6.10 Å². The van der Waals surface area contributed by atoms with E-state index in [1.165, 1.54) is 12.5 Å². The zero-order valence-corrected chi connectivity index (χ0v) is 10.4. The number of rotatable bonds is 3. The van der Waals surface area contributed by atoms with Crippen molar-refractivity contribution in [3.05, 3.63) is 35.4 Å². The Morgan fingerprint density at radius 2 is 2.18 bits per heavy atom. The van der Waals surface area contributed by atoms with E-state index in [1.54, 1.807) is 11.8 Å². The van der Waals surface area contributed by atoms with Crippen LogP contribution >= 0.6 is 11.8 Å². The minimum Gasteiger partial charge on any atom is -0.392 e. The molecule has 1 N–H and O–H groups in total. The molecule has 1 aromatic rings. The van der Waals surface area contributed by atoms with Gasteiger partial charge in [0.1, 0.15) is 11.6 Å². The van der Waals surface area contributed by atoms with Crippen molar-refractivity contribution in [1.29, 1.82) is 0 Å². The summed E-state index contributed by atoms with van der Waals surface area (Å²) in [5.74, 6) is 0.157. The summed E-state index contributed by atoms with van der Waals surface area (Å²) in [5.41, 5.74) is 0.267. The van der Waals surface area contributed by atoms with Crippen LogP contribution < -0.4 is 0 Å². The lowest BCUT2D eigenvalue weighted by molar-refractivity contribution is 0.165. The highest BCUT2D eigenvalue weighted by atomic mass is 32.2. The molecule has 1 aliphatic rings. The van der Waals surface area contributed by atoms with E-state index in [2.05, 4.69) is 0 Å². The van der Waals surface area contributed by atoms with Crippen molar-refractivity contribution in [3.8, 4) is 0 Å². The molecule has 94 valence electrons. The molecule has 1 saturated heterocycles. The Morgan fingerprint density at radius 3 is 2.88 bits per heavy atom. The Labute approximate surface area is 104 Å². The molecule has 1 fully saturated rings. The van der Waals surface area contributed by atoms with E-state index in [0.29, 0.717) is 0 Å². The standard InChI is InChI=1S/C13H16F2OS/c14-10-4-5-11(15)9(7-10)8-12(16)13-3-1-2-6-17-13/h4-5,7,12-13,16H,1-3,6,8H2. The average molecular weight is 258 g/mol. The Hall–Kier alpha value is -0.610. The summed E-state index contributed by atoms with van der Waals surface area (Å²) < 4.78 is 26.4. The molecule has 0 spiro atoms. The quantitative estimate of drug-likeness (QED) is 0.898. The van der Waals surface area contributed by atoms with E-state index in [9.17, 15) is 13.9 Å². The molecule has 1 heterocycles. The molecule has 2 rings (SSSR count). The van der Waals surface area contributed by atoms with E-state index in [1.807, 2.05) is 0 Å². The molecule has 0 bridgehead atoms. The molecule has 0 aliphatic carbocycles. The molecule has 4 heteroatoms. The third-order valence-electron chi connectivity index (χ3n) is 3.08. The van der Waals surface area contributed by atoms with Gasteiger partial charge in [-0.25, -0.2) is 8.78 Å². The third-order valence-corrected chi connectivity index (χ3v) is 4.58. The van der Waals surface area contributed by atoms with Crippen LogP contribution in [0.15, 0.2) is 18.2 Å². The zero-order chi connectivity index (χ0) is 12.3. The lowest BCUT2D eigenvalue weighted by Gasteiger charge is -2.26. The van der Waals surface area contributed by atoms with Crippen LogP contribution in [-0.4, -0.2) is 22.2 Å². The fourth-order valence-corrected chi connectivity index (χ4v) is 3.45. The number of halogens is 2. The molecular formula is C13H16F2OS. The summed E-state index contributed by atoms with van der Waals surface area (Å²) in [7, 11) is 0. The molecule has 0 aromatic heterocycles. The highest BCUT2D eigenvalue weighted by Crippen LogP contribution is 2.29. The second kappa shape index (κ2) is 5.83. The minimum atomic E-state index is -0.586. The first-order valence-corrected chi connectivity index (χ1v) is 6.95. The van der Waals surface area contributed by atoms with Crippen LogP contribution in [0, 0.1) is 11.6 Å². The second-order valence-electron chi connectivity index (χ2n) is 4.41. The van der Waals surface area contributed by atoms with E-state index in [0.717, 1.165) is 30.7 Å². The minimum absolute atomic E-state index is 0.159. The van der Waals surface area contributed by atoms with E-state index >= 15 is 0 Å². The van der Waals surface area contributed by atoms with Crippen molar-refractivity contribution >= 4 is 11.8 Å². The molecule has 0 saturated carbocycles. The van der Waals surface area contributed by atoms with Crippen LogP contribution in [0.4, 0.5) is 8.78 Å². The van der Waals surface area contributed by atoms with Gasteiger partial charge >= 0.3 is 0 Å². The largest absolute Gasteiger partial charge is 0.392 e. The van der Waals surface area contributed by atoms with Crippen molar-refractivity contribution in [3.63, 3.8) is 0 Å². The Kier molecular flexibility index (Phi) is 4.40. The predicted octanol–water partition coefficient (Wildman–Crippen LogP) is 3.15. The summed E-state index contributed by atoms with van der Waals surface area (Å²) in [6.07, 6.45) is 2.86. The molecule has 1 aliphatic heterocycles. The third kappa shape index (κ3) is 3.42. The van der Waals surface area contributed by atoms with Crippen LogP contribution in [0.25, 0.3) is 0 Å².